The van der Waals surface area contributed by atoms with Crippen LogP contribution in [0.2, 0.25) is 0 Å². The molecule has 0 amide bonds. The summed E-state index contributed by atoms with van der Waals surface area (Å²) in [5, 5.41) is 0. The van der Waals surface area contributed by atoms with Gasteiger partial charge in [-0.1, -0.05) is 0 Å². The molecule has 0 radical (unpaired) electrons. The standard InChI is InChI=1S/C3H6AsClO2/c5-4-6-2-1-3-7-4/h1-3H2. The van der Waals surface area contributed by atoms with Gasteiger partial charge in [0.2, 0.25) is 0 Å². The molecule has 1 aliphatic heterocycles. The Bertz CT molecular complexity index is 54.9. The van der Waals surface area contributed by atoms with Crippen LogP contribution in [0.15, 0.2) is 0 Å². The molecule has 1 aliphatic rings. The van der Waals surface area contributed by atoms with E-state index >= 15 is 0 Å². The predicted molar refractivity (Wildman–Crippen MR) is 28.1 cm³/mol. The van der Waals surface area contributed by atoms with E-state index in [9.17, 15) is 0 Å². The molecule has 1 heterocycles. The minimum atomic E-state index is -1.68. The van der Waals surface area contributed by atoms with Gasteiger partial charge in [0.1, 0.15) is 0 Å². The summed E-state index contributed by atoms with van der Waals surface area (Å²) < 4.78 is 9.93. The molecule has 2 nitrogen and oxygen atoms in total. The molecule has 1 saturated heterocycles. The number of hydrogen-bond acceptors (Lipinski definition) is 2. The van der Waals surface area contributed by atoms with Crippen molar-refractivity contribution in [2.45, 2.75) is 6.42 Å². The van der Waals surface area contributed by atoms with Gasteiger partial charge in [0.25, 0.3) is 0 Å². The number of hydrogen-bond donors (Lipinski definition) is 0. The summed E-state index contributed by atoms with van der Waals surface area (Å²) in [6, 6.07) is 0. The van der Waals surface area contributed by atoms with Crippen molar-refractivity contribution in [3.05, 3.63) is 0 Å². The Morgan fingerprint density at radius 2 is 1.86 bits per heavy atom. The molecule has 0 bridgehead atoms. The molecular weight excluding hydrogens is 178 g/mol. The van der Waals surface area contributed by atoms with Crippen LogP contribution in [0.3, 0.4) is 0 Å². The van der Waals surface area contributed by atoms with E-state index in [2.05, 4.69) is 0 Å². The van der Waals surface area contributed by atoms with E-state index in [0.717, 1.165) is 19.6 Å². The van der Waals surface area contributed by atoms with Crippen LogP contribution in [0.5, 0.6) is 0 Å². The summed E-state index contributed by atoms with van der Waals surface area (Å²) in [7, 11) is 5.52. The average Bonchev–Trinajstić information content (AvgIpc) is 1.69. The van der Waals surface area contributed by atoms with E-state index < -0.39 is 14.4 Å². The molecular formula is C3H6AsClO2. The maximum absolute atomic E-state index is 5.52. The quantitative estimate of drug-likeness (QED) is 0.515. The first-order valence-corrected chi connectivity index (χ1v) is 6.11. The Labute approximate surface area is 51.9 Å². The molecule has 0 aliphatic carbocycles. The molecule has 42 valence electrons. The normalized spacial score (nSPS) is 25.3. The summed E-state index contributed by atoms with van der Waals surface area (Å²) in [6.45, 7) is 1.59. The molecule has 0 atom stereocenters. The predicted octanol–water partition coefficient (Wildman–Crippen LogP) is 0.647. The second-order valence-corrected chi connectivity index (χ2v) is 4.64. The fraction of sp³-hybridized carbons (Fsp3) is 1.00. The van der Waals surface area contributed by atoms with Gasteiger partial charge in [0, 0.05) is 0 Å². The maximum atomic E-state index is 5.52. The van der Waals surface area contributed by atoms with Crippen molar-refractivity contribution < 1.29 is 7.45 Å². The van der Waals surface area contributed by atoms with Gasteiger partial charge in [0.15, 0.2) is 0 Å². The molecule has 1 fully saturated rings. The van der Waals surface area contributed by atoms with Crippen molar-refractivity contribution in [2.75, 3.05) is 13.2 Å². The second kappa shape index (κ2) is 2.93. The zero-order valence-electron chi connectivity index (χ0n) is 3.76. The zero-order chi connectivity index (χ0) is 5.11. The Morgan fingerprint density at radius 3 is 2.14 bits per heavy atom. The topological polar surface area (TPSA) is 18.5 Å². The first-order chi connectivity index (χ1) is 3.39. The van der Waals surface area contributed by atoms with E-state index in [1.165, 1.54) is 0 Å². The molecule has 0 saturated carbocycles. The van der Waals surface area contributed by atoms with Crippen molar-refractivity contribution in [1.82, 2.24) is 0 Å². The number of rotatable bonds is 0. The molecule has 0 spiro atoms. The molecule has 1 rings (SSSR count). The van der Waals surface area contributed by atoms with E-state index in [0.29, 0.717) is 0 Å². The van der Waals surface area contributed by atoms with Crippen molar-refractivity contribution in [1.29, 1.82) is 0 Å². The van der Waals surface area contributed by atoms with Gasteiger partial charge in [-0.15, -0.1) is 0 Å². The van der Waals surface area contributed by atoms with Crippen LogP contribution >= 0.6 is 9.95 Å². The summed E-state index contributed by atoms with van der Waals surface area (Å²) in [6.07, 6.45) is 0.998. The Hall–Kier alpha value is 0.768. The zero-order valence-corrected chi connectivity index (χ0v) is 6.40. The molecule has 0 unspecified atom stereocenters. The first-order valence-electron chi connectivity index (χ1n) is 2.11. The molecule has 0 aromatic heterocycles. The van der Waals surface area contributed by atoms with Crippen LogP contribution in [0.1, 0.15) is 6.42 Å². The SMILES string of the molecule is Cl[As]1OCCCO1. The Balaban J connectivity index is 2.12. The van der Waals surface area contributed by atoms with Gasteiger partial charge in [-0.05, 0) is 0 Å². The first kappa shape index (κ1) is 5.90. The van der Waals surface area contributed by atoms with Gasteiger partial charge >= 0.3 is 51.4 Å². The van der Waals surface area contributed by atoms with Crippen LogP contribution in [0.4, 0.5) is 0 Å². The van der Waals surface area contributed by atoms with Gasteiger partial charge in [-0.25, -0.2) is 0 Å². The average molecular weight is 184 g/mol. The van der Waals surface area contributed by atoms with Gasteiger partial charge in [-0.3, -0.25) is 0 Å². The van der Waals surface area contributed by atoms with Crippen LogP contribution in [0.25, 0.3) is 0 Å². The van der Waals surface area contributed by atoms with Crippen LogP contribution in [0, 0.1) is 0 Å². The second-order valence-electron chi connectivity index (χ2n) is 1.23. The summed E-state index contributed by atoms with van der Waals surface area (Å²) in [5.74, 6) is 0. The van der Waals surface area contributed by atoms with Crippen molar-refractivity contribution >= 4 is 24.3 Å². The van der Waals surface area contributed by atoms with Crippen molar-refractivity contribution in [3.8, 4) is 0 Å². The van der Waals surface area contributed by atoms with Crippen LogP contribution in [-0.2, 0) is 7.45 Å². The van der Waals surface area contributed by atoms with Gasteiger partial charge < -0.3 is 0 Å². The van der Waals surface area contributed by atoms with Crippen LogP contribution in [-0.4, -0.2) is 27.6 Å². The van der Waals surface area contributed by atoms with Crippen molar-refractivity contribution in [3.63, 3.8) is 0 Å². The minimum absolute atomic E-state index is 0.795. The summed E-state index contributed by atoms with van der Waals surface area (Å²) in [5.41, 5.74) is 0. The fourth-order valence-electron chi connectivity index (χ4n) is 0.369. The monoisotopic (exact) mass is 184 g/mol. The summed E-state index contributed by atoms with van der Waals surface area (Å²) in [4.78, 5) is 0. The third-order valence-corrected chi connectivity index (χ3v) is 3.31. The van der Waals surface area contributed by atoms with E-state index in [4.69, 9.17) is 17.4 Å². The Morgan fingerprint density at radius 1 is 1.29 bits per heavy atom. The van der Waals surface area contributed by atoms with E-state index in [-0.39, 0.29) is 0 Å². The van der Waals surface area contributed by atoms with Gasteiger partial charge in [-0.2, -0.15) is 0 Å². The van der Waals surface area contributed by atoms with Crippen LogP contribution < -0.4 is 0 Å². The van der Waals surface area contributed by atoms with Gasteiger partial charge in [0.05, 0.1) is 0 Å². The third-order valence-electron chi connectivity index (χ3n) is 0.674. The molecule has 0 aromatic carbocycles. The Kier molecular flexibility index (Phi) is 2.47. The van der Waals surface area contributed by atoms with E-state index in [1.807, 2.05) is 0 Å². The molecule has 4 heteroatoms. The molecule has 0 aromatic rings. The number of halogens is 1. The van der Waals surface area contributed by atoms with E-state index in [1.54, 1.807) is 0 Å². The third kappa shape index (κ3) is 2.00. The molecule has 7 heavy (non-hydrogen) atoms. The summed E-state index contributed by atoms with van der Waals surface area (Å²) >= 11 is -1.68. The fourth-order valence-corrected chi connectivity index (χ4v) is 2.39. The van der Waals surface area contributed by atoms with Crippen molar-refractivity contribution in [2.24, 2.45) is 0 Å². The molecule has 0 N–H and O–H groups in total.